The number of aliphatic hydroxyl groups is 2. The average molecular weight is 316 g/mol. The number of rotatable bonds is 5. The molecular formula is C15H16N4O4. The van der Waals surface area contributed by atoms with E-state index in [1.807, 2.05) is 13.1 Å². The van der Waals surface area contributed by atoms with Crippen LogP contribution >= 0.6 is 0 Å². The summed E-state index contributed by atoms with van der Waals surface area (Å²) in [6, 6.07) is 5.32. The Hall–Kier alpha value is -2.71. The van der Waals surface area contributed by atoms with Crippen molar-refractivity contribution in [2.24, 2.45) is 7.05 Å². The maximum Gasteiger partial charge on any atom is 0.277 e. The first-order chi connectivity index (χ1) is 11.0. The monoisotopic (exact) mass is 316 g/mol. The minimum Gasteiger partial charge on any atom is -0.395 e. The van der Waals surface area contributed by atoms with Gasteiger partial charge in [0.05, 0.1) is 24.2 Å². The number of aryl methyl sites for hydroxylation is 1. The number of hydrogen-bond donors (Lipinski definition) is 3. The summed E-state index contributed by atoms with van der Waals surface area (Å²) < 4.78 is 1.78. The van der Waals surface area contributed by atoms with Crippen LogP contribution in [0.3, 0.4) is 0 Å². The molecule has 1 aliphatic rings. The van der Waals surface area contributed by atoms with E-state index in [4.69, 9.17) is 5.11 Å². The number of β-amino-alcohol motifs (C(OH)–C–C–N with tert-alkyl or cyclic N) is 1. The highest BCUT2D eigenvalue weighted by molar-refractivity contribution is 6.17. The third-order valence-corrected chi connectivity index (χ3v) is 3.73. The van der Waals surface area contributed by atoms with Crippen LogP contribution in [-0.2, 0) is 23.2 Å². The Balaban J connectivity index is 1.86. The summed E-state index contributed by atoms with van der Waals surface area (Å²) in [7, 11) is 1.81. The number of benzene rings is 1. The van der Waals surface area contributed by atoms with Crippen molar-refractivity contribution in [2.75, 3.05) is 18.5 Å². The number of imide groups is 1. The largest absolute Gasteiger partial charge is 0.395 e. The number of hydrogen-bond acceptors (Lipinski definition) is 6. The lowest BCUT2D eigenvalue weighted by atomic mass is 10.2. The lowest BCUT2D eigenvalue weighted by molar-refractivity contribution is -0.137. The van der Waals surface area contributed by atoms with E-state index < -0.39 is 11.8 Å². The number of carbonyl (C=O) groups is 2. The number of aromatic nitrogens is 2. The molecule has 8 nitrogen and oxygen atoms in total. The van der Waals surface area contributed by atoms with Gasteiger partial charge in [0.15, 0.2) is 0 Å². The smallest absolute Gasteiger partial charge is 0.277 e. The van der Waals surface area contributed by atoms with Gasteiger partial charge in [0, 0.05) is 18.8 Å². The molecule has 1 aromatic heterocycles. The van der Waals surface area contributed by atoms with Crippen LogP contribution in [-0.4, -0.2) is 49.6 Å². The van der Waals surface area contributed by atoms with Gasteiger partial charge in [-0.15, -0.1) is 0 Å². The molecule has 3 N–H and O–H groups in total. The van der Waals surface area contributed by atoms with Gasteiger partial charge in [0.25, 0.3) is 11.8 Å². The molecule has 0 bridgehead atoms. The molecular weight excluding hydrogens is 300 g/mol. The van der Waals surface area contributed by atoms with Gasteiger partial charge in [-0.05, 0) is 18.2 Å². The first kappa shape index (κ1) is 15.2. The highest BCUT2D eigenvalue weighted by atomic mass is 16.3. The normalized spacial score (nSPS) is 14.7. The first-order valence-corrected chi connectivity index (χ1v) is 7.06. The van der Waals surface area contributed by atoms with Crippen LogP contribution in [0, 0.1) is 0 Å². The van der Waals surface area contributed by atoms with Gasteiger partial charge in [-0.1, -0.05) is 0 Å². The molecule has 0 spiro atoms. The van der Waals surface area contributed by atoms with E-state index >= 15 is 0 Å². The zero-order valence-corrected chi connectivity index (χ0v) is 12.5. The van der Waals surface area contributed by atoms with Gasteiger partial charge < -0.3 is 20.1 Å². The zero-order valence-electron chi connectivity index (χ0n) is 12.5. The van der Waals surface area contributed by atoms with Crippen molar-refractivity contribution in [3.63, 3.8) is 0 Å². The number of carbonyl (C=O) groups excluding carboxylic acids is 2. The Bertz CT molecular complexity index is 824. The Morgan fingerprint density at radius 1 is 1.26 bits per heavy atom. The number of nitrogens with one attached hydrogen (secondary N) is 1. The Morgan fingerprint density at radius 2 is 2.04 bits per heavy atom. The van der Waals surface area contributed by atoms with E-state index in [1.165, 1.54) is 6.08 Å². The lowest BCUT2D eigenvalue weighted by Gasteiger charge is -2.13. The number of nitrogens with zero attached hydrogens (tertiary/aromatic N) is 3. The fourth-order valence-corrected chi connectivity index (χ4v) is 2.53. The van der Waals surface area contributed by atoms with E-state index in [-0.39, 0.29) is 25.5 Å². The molecule has 0 saturated carbocycles. The number of anilines is 1. The van der Waals surface area contributed by atoms with Crippen molar-refractivity contribution in [1.29, 1.82) is 0 Å². The fraction of sp³-hybridized carbons (Fsp3) is 0.267. The molecule has 120 valence electrons. The van der Waals surface area contributed by atoms with Gasteiger partial charge >= 0.3 is 0 Å². The number of amides is 2. The Kier molecular flexibility index (Phi) is 3.85. The molecule has 0 aliphatic carbocycles. The summed E-state index contributed by atoms with van der Waals surface area (Å²) >= 11 is 0. The molecule has 0 atom stereocenters. The summed E-state index contributed by atoms with van der Waals surface area (Å²) in [5.41, 5.74) is 2.29. The second kappa shape index (κ2) is 5.82. The summed E-state index contributed by atoms with van der Waals surface area (Å²) in [6.07, 6.45) is 1.21. The Morgan fingerprint density at radius 3 is 2.74 bits per heavy atom. The van der Waals surface area contributed by atoms with Crippen LogP contribution in [0.4, 0.5) is 5.69 Å². The van der Waals surface area contributed by atoms with Crippen molar-refractivity contribution < 1.29 is 19.8 Å². The number of fused-ring (bicyclic) bond motifs is 1. The summed E-state index contributed by atoms with van der Waals surface area (Å²) in [4.78, 5) is 29.1. The molecule has 2 amide bonds. The molecule has 1 aliphatic heterocycles. The van der Waals surface area contributed by atoms with Crippen molar-refractivity contribution in [3.8, 4) is 0 Å². The van der Waals surface area contributed by atoms with Crippen molar-refractivity contribution in [3.05, 3.63) is 35.8 Å². The standard InChI is InChI=1S/C15H16N4O4/c1-18-12-3-2-9(6-10(12)17-13(18)8-21)16-11-7-14(22)19(4-5-20)15(11)23/h2-3,6-7,16,20-21H,4-5,8H2,1H3. The molecule has 0 fully saturated rings. The highest BCUT2D eigenvalue weighted by Crippen LogP contribution is 2.22. The predicted octanol–water partition coefficient (Wildman–Crippen LogP) is -0.278. The van der Waals surface area contributed by atoms with E-state index in [2.05, 4.69) is 10.3 Å². The molecule has 0 unspecified atom stereocenters. The van der Waals surface area contributed by atoms with E-state index in [0.717, 1.165) is 10.4 Å². The molecule has 0 radical (unpaired) electrons. The fourth-order valence-electron chi connectivity index (χ4n) is 2.53. The summed E-state index contributed by atoms with van der Waals surface area (Å²) in [5.74, 6) is -0.383. The van der Waals surface area contributed by atoms with Crippen molar-refractivity contribution in [2.45, 2.75) is 6.61 Å². The topological polar surface area (TPSA) is 108 Å². The second-order valence-corrected chi connectivity index (χ2v) is 5.15. The second-order valence-electron chi connectivity index (χ2n) is 5.15. The predicted molar refractivity (Wildman–Crippen MR) is 82.1 cm³/mol. The maximum atomic E-state index is 12.1. The van der Waals surface area contributed by atoms with Crippen LogP contribution in [0.2, 0.25) is 0 Å². The van der Waals surface area contributed by atoms with Crippen LogP contribution in [0.1, 0.15) is 5.82 Å². The summed E-state index contributed by atoms with van der Waals surface area (Å²) in [6.45, 7) is -0.469. The van der Waals surface area contributed by atoms with Crippen LogP contribution in [0.5, 0.6) is 0 Å². The zero-order chi connectivity index (χ0) is 16.6. The molecule has 8 heteroatoms. The summed E-state index contributed by atoms with van der Waals surface area (Å²) in [5, 5.41) is 21.0. The molecule has 3 rings (SSSR count). The molecule has 23 heavy (non-hydrogen) atoms. The third kappa shape index (κ3) is 2.58. The van der Waals surface area contributed by atoms with Crippen LogP contribution < -0.4 is 5.32 Å². The lowest BCUT2D eigenvalue weighted by Crippen LogP contribution is -2.34. The Labute approximate surface area is 131 Å². The molecule has 1 aromatic carbocycles. The van der Waals surface area contributed by atoms with E-state index in [9.17, 15) is 14.7 Å². The van der Waals surface area contributed by atoms with Gasteiger partial charge in [0.2, 0.25) is 0 Å². The highest BCUT2D eigenvalue weighted by Gasteiger charge is 2.30. The number of aliphatic hydroxyl groups excluding tert-OH is 2. The maximum absolute atomic E-state index is 12.1. The van der Waals surface area contributed by atoms with Gasteiger partial charge in [0.1, 0.15) is 18.1 Å². The quantitative estimate of drug-likeness (QED) is 0.655. The van der Waals surface area contributed by atoms with Gasteiger partial charge in [-0.2, -0.15) is 0 Å². The van der Waals surface area contributed by atoms with Gasteiger partial charge in [-0.25, -0.2) is 4.98 Å². The van der Waals surface area contributed by atoms with E-state index in [0.29, 0.717) is 17.0 Å². The molecule has 2 heterocycles. The van der Waals surface area contributed by atoms with E-state index in [1.54, 1.807) is 16.7 Å². The van der Waals surface area contributed by atoms with Crippen LogP contribution in [0.25, 0.3) is 11.0 Å². The average Bonchev–Trinajstić information content (AvgIpc) is 2.99. The SMILES string of the molecule is Cn1c(CO)nc2cc(NC3=CC(=O)N(CCO)C3=O)ccc21. The first-order valence-electron chi connectivity index (χ1n) is 7.06. The number of imidazole rings is 1. The van der Waals surface area contributed by atoms with Crippen LogP contribution in [0.15, 0.2) is 30.0 Å². The van der Waals surface area contributed by atoms with Gasteiger partial charge in [-0.3, -0.25) is 14.5 Å². The minimum absolute atomic E-state index is 0.0293. The molecule has 0 saturated heterocycles. The van der Waals surface area contributed by atoms with Crippen molar-refractivity contribution in [1.82, 2.24) is 14.5 Å². The van der Waals surface area contributed by atoms with Crippen molar-refractivity contribution >= 4 is 28.5 Å². The third-order valence-electron chi connectivity index (χ3n) is 3.73. The minimum atomic E-state index is -0.471. The molecule has 2 aromatic rings.